The molecule has 3 aromatic carbocycles. The summed E-state index contributed by atoms with van der Waals surface area (Å²) in [6.07, 6.45) is 0.887. The highest BCUT2D eigenvalue weighted by atomic mass is 35.5. The number of nitrogens with one attached hydrogen (secondary N) is 2. The van der Waals surface area contributed by atoms with Crippen LogP contribution in [0.3, 0.4) is 0 Å². The van der Waals surface area contributed by atoms with E-state index in [2.05, 4.69) is 15.5 Å². The lowest BCUT2D eigenvalue weighted by Gasteiger charge is -2.43. The molecule has 3 heterocycles. The molecule has 3 aromatic rings. The van der Waals surface area contributed by atoms with Crippen LogP contribution in [0.4, 0.5) is 16.2 Å². The van der Waals surface area contributed by atoms with E-state index in [1.54, 1.807) is 34.1 Å². The van der Waals surface area contributed by atoms with Gasteiger partial charge in [-0.1, -0.05) is 41.9 Å². The molecule has 11 heteroatoms. The van der Waals surface area contributed by atoms with E-state index in [0.717, 1.165) is 11.3 Å². The molecule has 3 aliphatic heterocycles. The number of hydrogen-bond acceptors (Lipinski definition) is 6. The molecule has 2 saturated heterocycles. The second-order valence-corrected chi connectivity index (χ2v) is 10.8. The number of ether oxygens (including phenoxy) is 2. The number of halogens is 1. The van der Waals surface area contributed by atoms with Gasteiger partial charge in [0.15, 0.2) is 11.5 Å². The summed E-state index contributed by atoms with van der Waals surface area (Å²) >= 11 is 6.06. The molecule has 0 aromatic heterocycles. The van der Waals surface area contributed by atoms with E-state index >= 15 is 0 Å². The molecule has 212 valence electrons. The number of amides is 4. The van der Waals surface area contributed by atoms with E-state index < -0.39 is 5.54 Å². The van der Waals surface area contributed by atoms with Crippen molar-refractivity contribution in [2.24, 2.45) is 0 Å². The summed E-state index contributed by atoms with van der Waals surface area (Å²) in [5, 5.41) is 6.34. The number of urea groups is 1. The van der Waals surface area contributed by atoms with Crippen molar-refractivity contribution in [3.63, 3.8) is 0 Å². The summed E-state index contributed by atoms with van der Waals surface area (Å²) in [5.41, 5.74) is 1.55. The third-order valence-corrected chi connectivity index (χ3v) is 8.03. The lowest BCUT2D eigenvalue weighted by Crippen LogP contribution is -2.58. The van der Waals surface area contributed by atoms with Crippen LogP contribution in [0.5, 0.6) is 11.5 Å². The second kappa shape index (κ2) is 11.2. The number of rotatable bonds is 6. The normalized spacial score (nSPS) is 17.2. The van der Waals surface area contributed by atoms with Crippen molar-refractivity contribution in [2.45, 2.75) is 24.9 Å². The number of benzene rings is 3. The van der Waals surface area contributed by atoms with E-state index in [-0.39, 0.29) is 37.9 Å². The number of carbonyl (C=O) groups excluding carboxylic acids is 3. The number of anilines is 2. The van der Waals surface area contributed by atoms with Crippen molar-refractivity contribution in [2.75, 3.05) is 43.3 Å². The van der Waals surface area contributed by atoms with Crippen LogP contribution in [-0.4, -0.2) is 66.3 Å². The van der Waals surface area contributed by atoms with E-state index in [1.807, 2.05) is 48.5 Å². The van der Waals surface area contributed by atoms with Crippen LogP contribution in [0.1, 0.15) is 18.4 Å². The van der Waals surface area contributed by atoms with Gasteiger partial charge in [-0.25, -0.2) is 4.79 Å². The van der Waals surface area contributed by atoms with Crippen molar-refractivity contribution in [1.82, 2.24) is 15.1 Å². The zero-order chi connectivity index (χ0) is 28.4. The molecule has 2 fully saturated rings. The third-order valence-electron chi connectivity index (χ3n) is 7.80. The lowest BCUT2D eigenvalue weighted by atomic mass is 9.85. The van der Waals surface area contributed by atoms with Gasteiger partial charge in [0.2, 0.25) is 12.7 Å². The average molecular weight is 576 g/mol. The SMILES string of the molecule is O=C(CN1CN(c2ccccc2)C2(CCN(C(=O)Nc3cccc(Cl)c3)CC2)C1=O)NCc1ccc2c(c1)OCO2. The highest BCUT2D eigenvalue weighted by molar-refractivity contribution is 6.30. The quantitative estimate of drug-likeness (QED) is 0.459. The Kier molecular flexibility index (Phi) is 7.32. The predicted octanol–water partition coefficient (Wildman–Crippen LogP) is 4.06. The van der Waals surface area contributed by atoms with Crippen LogP contribution in [0.15, 0.2) is 72.8 Å². The van der Waals surface area contributed by atoms with Crippen molar-refractivity contribution in [1.29, 1.82) is 0 Å². The Balaban J connectivity index is 1.12. The van der Waals surface area contributed by atoms with Gasteiger partial charge >= 0.3 is 6.03 Å². The number of fused-ring (bicyclic) bond motifs is 1. The van der Waals surface area contributed by atoms with Crippen molar-refractivity contribution < 1.29 is 23.9 Å². The Morgan fingerprint density at radius 3 is 2.49 bits per heavy atom. The minimum atomic E-state index is -0.841. The number of nitrogens with zero attached hydrogens (tertiary/aromatic N) is 3. The Hall–Kier alpha value is -4.44. The highest BCUT2D eigenvalue weighted by Crippen LogP contribution is 2.39. The number of piperidine rings is 1. The van der Waals surface area contributed by atoms with E-state index in [0.29, 0.717) is 54.7 Å². The molecular formula is C30H30ClN5O5. The lowest BCUT2D eigenvalue weighted by molar-refractivity contribution is -0.137. The van der Waals surface area contributed by atoms with Crippen LogP contribution in [0.25, 0.3) is 0 Å². The van der Waals surface area contributed by atoms with Gasteiger partial charge in [0.05, 0.1) is 6.67 Å². The third kappa shape index (κ3) is 5.47. The second-order valence-electron chi connectivity index (χ2n) is 10.3. The van der Waals surface area contributed by atoms with Crippen molar-refractivity contribution in [3.05, 3.63) is 83.4 Å². The van der Waals surface area contributed by atoms with Crippen molar-refractivity contribution in [3.8, 4) is 11.5 Å². The maximum absolute atomic E-state index is 13.9. The smallest absolute Gasteiger partial charge is 0.321 e. The van der Waals surface area contributed by atoms with Gasteiger partial charge in [-0.3, -0.25) is 9.59 Å². The van der Waals surface area contributed by atoms with Gasteiger partial charge in [0.1, 0.15) is 12.1 Å². The van der Waals surface area contributed by atoms with Gasteiger partial charge in [-0.2, -0.15) is 0 Å². The van der Waals surface area contributed by atoms with Crippen LogP contribution in [-0.2, 0) is 16.1 Å². The maximum atomic E-state index is 13.9. The van der Waals surface area contributed by atoms with Crippen LogP contribution >= 0.6 is 11.6 Å². The maximum Gasteiger partial charge on any atom is 0.321 e. The first kappa shape index (κ1) is 26.8. The minimum Gasteiger partial charge on any atom is -0.454 e. The fraction of sp³-hybridized carbons (Fsp3) is 0.300. The van der Waals surface area contributed by atoms with Gasteiger partial charge < -0.3 is 34.8 Å². The molecule has 0 bridgehead atoms. The van der Waals surface area contributed by atoms with Gasteiger partial charge in [-0.05, 0) is 60.9 Å². The summed E-state index contributed by atoms with van der Waals surface area (Å²) in [5.74, 6) is 0.982. The molecule has 10 nitrogen and oxygen atoms in total. The molecule has 6 rings (SSSR count). The summed E-state index contributed by atoms with van der Waals surface area (Å²) in [4.78, 5) is 45.3. The first-order valence-corrected chi connectivity index (χ1v) is 13.9. The summed E-state index contributed by atoms with van der Waals surface area (Å²) in [6.45, 7) is 1.51. The predicted molar refractivity (Wildman–Crippen MR) is 154 cm³/mol. The standard InChI is InChI=1S/C30H30ClN5O5/c31-22-5-4-6-23(16-22)33-29(39)34-13-11-30(12-14-34)28(38)35(19-36(30)24-7-2-1-3-8-24)18-27(37)32-17-21-9-10-25-26(15-21)41-20-40-25/h1-10,15-16H,11-14,17-20H2,(H,32,37)(H,33,39). The molecule has 41 heavy (non-hydrogen) atoms. The van der Waals surface area contributed by atoms with Gasteiger partial charge in [0.25, 0.3) is 5.91 Å². The Morgan fingerprint density at radius 1 is 0.927 bits per heavy atom. The number of para-hydroxylation sites is 1. The largest absolute Gasteiger partial charge is 0.454 e. The van der Waals surface area contributed by atoms with Crippen LogP contribution in [0.2, 0.25) is 5.02 Å². The first-order valence-electron chi connectivity index (χ1n) is 13.5. The van der Waals surface area contributed by atoms with Crippen molar-refractivity contribution >= 4 is 40.8 Å². The molecular weight excluding hydrogens is 546 g/mol. The fourth-order valence-electron chi connectivity index (χ4n) is 5.65. The Morgan fingerprint density at radius 2 is 1.71 bits per heavy atom. The van der Waals surface area contributed by atoms with Crippen LogP contribution < -0.4 is 25.0 Å². The van der Waals surface area contributed by atoms with E-state index in [9.17, 15) is 14.4 Å². The average Bonchev–Trinajstić information content (AvgIpc) is 3.55. The number of carbonyl (C=O) groups is 3. The van der Waals surface area contributed by atoms with Gasteiger partial charge in [-0.15, -0.1) is 0 Å². The molecule has 0 unspecified atom stereocenters. The molecule has 0 aliphatic carbocycles. The van der Waals surface area contributed by atoms with Crippen LogP contribution in [0, 0.1) is 0 Å². The first-order chi connectivity index (χ1) is 19.9. The summed E-state index contributed by atoms with van der Waals surface area (Å²) in [7, 11) is 0. The molecule has 2 N–H and O–H groups in total. The number of hydrogen-bond donors (Lipinski definition) is 2. The highest BCUT2D eigenvalue weighted by Gasteiger charge is 2.54. The Bertz CT molecular complexity index is 1460. The van der Waals surface area contributed by atoms with E-state index in [4.69, 9.17) is 21.1 Å². The van der Waals surface area contributed by atoms with Gasteiger partial charge in [0, 0.05) is 36.0 Å². The Labute approximate surface area is 242 Å². The molecule has 1 spiro atoms. The minimum absolute atomic E-state index is 0.0621. The van der Waals surface area contributed by atoms with E-state index in [1.165, 1.54) is 0 Å². The summed E-state index contributed by atoms with van der Waals surface area (Å²) in [6, 6.07) is 22.0. The molecule has 0 atom stereocenters. The zero-order valence-electron chi connectivity index (χ0n) is 22.3. The topological polar surface area (TPSA) is 103 Å². The molecule has 4 amide bonds. The molecule has 0 radical (unpaired) electrons. The molecule has 0 saturated carbocycles. The monoisotopic (exact) mass is 575 g/mol. The fourth-order valence-corrected chi connectivity index (χ4v) is 5.84. The zero-order valence-corrected chi connectivity index (χ0v) is 23.1. The molecule has 3 aliphatic rings. The number of likely N-dealkylation sites (tertiary alicyclic amines) is 1. The summed E-state index contributed by atoms with van der Waals surface area (Å²) < 4.78 is 10.8.